The second-order valence-corrected chi connectivity index (χ2v) is 3.49. The Kier molecular flexibility index (Phi) is 4.72. The van der Waals surface area contributed by atoms with Crippen LogP contribution >= 0.6 is 0 Å². The molecule has 1 heterocycles. The van der Waals surface area contributed by atoms with E-state index in [4.69, 9.17) is 5.26 Å². The van der Waals surface area contributed by atoms with E-state index in [0.717, 1.165) is 12.1 Å². The van der Waals surface area contributed by atoms with Gasteiger partial charge in [0.05, 0.1) is 18.2 Å². The van der Waals surface area contributed by atoms with E-state index in [1.54, 1.807) is 18.6 Å². The summed E-state index contributed by atoms with van der Waals surface area (Å²) in [6, 6.07) is 2.54. The molecule has 0 amide bonds. The van der Waals surface area contributed by atoms with Gasteiger partial charge in [-0.3, -0.25) is 9.97 Å². The van der Waals surface area contributed by atoms with Crippen LogP contribution in [0, 0.1) is 11.3 Å². The number of aromatic nitrogens is 2. The minimum absolute atomic E-state index is 0.136. The van der Waals surface area contributed by atoms with Crippen molar-refractivity contribution in [3.8, 4) is 6.07 Å². The highest BCUT2D eigenvalue weighted by molar-refractivity contribution is 5.01. The second kappa shape index (κ2) is 6.10. The number of nitrogens with zero attached hydrogens (tertiary/aromatic N) is 3. The maximum Gasteiger partial charge on any atom is 0.0753 e. The molecule has 0 aromatic carbocycles. The molecular formula is C11H16N4. The summed E-state index contributed by atoms with van der Waals surface area (Å²) in [6.45, 7) is 4.10. The lowest BCUT2D eigenvalue weighted by Crippen LogP contribution is -2.31. The Balaban J connectivity index is 2.55. The lowest BCUT2D eigenvalue weighted by Gasteiger charge is -2.19. The summed E-state index contributed by atoms with van der Waals surface area (Å²) >= 11 is 0. The average Bonchev–Trinajstić information content (AvgIpc) is 2.29. The number of hydrogen-bond donors (Lipinski definition) is 1. The van der Waals surface area contributed by atoms with E-state index in [0.29, 0.717) is 6.42 Å². The molecule has 15 heavy (non-hydrogen) atoms. The van der Waals surface area contributed by atoms with Crippen LogP contribution < -0.4 is 5.32 Å². The average molecular weight is 204 g/mol. The Morgan fingerprint density at radius 3 is 2.87 bits per heavy atom. The highest BCUT2D eigenvalue weighted by atomic mass is 15.0. The van der Waals surface area contributed by atoms with E-state index in [9.17, 15) is 0 Å². The van der Waals surface area contributed by atoms with Gasteiger partial charge in [-0.2, -0.15) is 5.26 Å². The van der Waals surface area contributed by atoms with Crippen LogP contribution in [0.5, 0.6) is 0 Å². The van der Waals surface area contributed by atoms with E-state index < -0.39 is 0 Å². The molecule has 2 atom stereocenters. The van der Waals surface area contributed by atoms with Gasteiger partial charge < -0.3 is 5.32 Å². The van der Waals surface area contributed by atoms with E-state index in [1.165, 1.54) is 0 Å². The highest BCUT2D eigenvalue weighted by Crippen LogP contribution is 2.10. The fourth-order valence-electron chi connectivity index (χ4n) is 1.40. The molecule has 0 spiro atoms. The van der Waals surface area contributed by atoms with Crippen LogP contribution in [0.3, 0.4) is 0 Å². The van der Waals surface area contributed by atoms with Crippen molar-refractivity contribution in [1.29, 1.82) is 5.26 Å². The molecule has 0 saturated carbocycles. The number of hydrogen-bond acceptors (Lipinski definition) is 4. The molecule has 1 N–H and O–H groups in total. The van der Waals surface area contributed by atoms with Crippen molar-refractivity contribution in [3.63, 3.8) is 0 Å². The molecule has 0 aliphatic carbocycles. The second-order valence-electron chi connectivity index (χ2n) is 3.49. The fourth-order valence-corrected chi connectivity index (χ4v) is 1.40. The summed E-state index contributed by atoms with van der Waals surface area (Å²) in [4.78, 5) is 8.24. The van der Waals surface area contributed by atoms with Crippen molar-refractivity contribution in [2.45, 2.75) is 38.8 Å². The third-order valence-corrected chi connectivity index (χ3v) is 2.34. The zero-order valence-corrected chi connectivity index (χ0v) is 9.14. The van der Waals surface area contributed by atoms with Gasteiger partial charge in [0.2, 0.25) is 0 Å². The first-order chi connectivity index (χ1) is 7.27. The van der Waals surface area contributed by atoms with Gasteiger partial charge in [0.25, 0.3) is 0 Å². The largest absolute Gasteiger partial charge is 0.305 e. The zero-order valence-electron chi connectivity index (χ0n) is 9.14. The molecule has 1 aromatic heterocycles. The number of rotatable bonds is 5. The molecular weight excluding hydrogens is 188 g/mol. The van der Waals surface area contributed by atoms with Crippen LogP contribution in [0.2, 0.25) is 0 Å². The third-order valence-electron chi connectivity index (χ3n) is 2.34. The van der Waals surface area contributed by atoms with Crippen molar-refractivity contribution < 1.29 is 0 Å². The van der Waals surface area contributed by atoms with Crippen LogP contribution in [0.4, 0.5) is 0 Å². The van der Waals surface area contributed by atoms with Crippen LogP contribution in [-0.2, 0) is 0 Å². The van der Waals surface area contributed by atoms with Crippen molar-refractivity contribution in [3.05, 3.63) is 24.3 Å². The Bertz CT molecular complexity index is 317. The molecule has 4 nitrogen and oxygen atoms in total. The minimum Gasteiger partial charge on any atom is -0.305 e. The first-order valence-corrected chi connectivity index (χ1v) is 5.16. The SMILES string of the molecule is CCC(CC#N)NC(C)c1cnccn1. The summed E-state index contributed by atoms with van der Waals surface area (Å²) in [6.07, 6.45) is 6.55. The van der Waals surface area contributed by atoms with Crippen LogP contribution in [0.15, 0.2) is 18.6 Å². The van der Waals surface area contributed by atoms with Gasteiger partial charge in [-0.1, -0.05) is 6.92 Å². The Labute approximate surface area is 90.4 Å². The van der Waals surface area contributed by atoms with E-state index >= 15 is 0 Å². The molecule has 80 valence electrons. The minimum atomic E-state index is 0.136. The Morgan fingerprint density at radius 1 is 1.53 bits per heavy atom. The molecule has 0 bridgehead atoms. The van der Waals surface area contributed by atoms with Gasteiger partial charge in [-0.05, 0) is 13.3 Å². The predicted octanol–water partition coefficient (Wildman–Crippen LogP) is 1.82. The molecule has 0 saturated heterocycles. The van der Waals surface area contributed by atoms with Crippen LogP contribution in [-0.4, -0.2) is 16.0 Å². The molecule has 1 aromatic rings. The number of nitrogens with one attached hydrogen (secondary N) is 1. The monoisotopic (exact) mass is 204 g/mol. The summed E-state index contributed by atoms with van der Waals surface area (Å²) in [5.41, 5.74) is 0.911. The first-order valence-electron chi connectivity index (χ1n) is 5.16. The van der Waals surface area contributed by atoms with Crippen molar-refractivity contribution in [2.75, 3.05) is 0 Å². The molecule has 0 radical (unpaired) electrons. The van der Waals surface area contributed by atoms with Crippen molar-refractivity contribution in [1.82, 2.24) is 15.3 Å². The van der Waals surface area contributed by atoms with Gasteiger partial charge in [-0.15, -0.1) is 0 Å². The van der Waals surface area contributed by atoms with Gasteiger partial charge in [0, 0.05) is 30.7 Å². The third kappa shape index (κ3) is 3.64. The van der Waals surface area contributed by atoms with Gasteiger partial charge in [0.15, 0.2) is 0 Å². The molecule has 1 rings (SSSR count). The topological polar surface area (TPSA) is 61.6 Å². The van der Waals surface area contributed by atoms with Gasteiger partial charge >= 0.3 is 0 Å². The summed E-state index contributed by atoms with van der Waals surface area (Å²) in [5, 5.41) is 12.0. The molecule has 2 unspecified atom stereocenters. The van der Waals surface area contributed by atoms with Crippen LogP contribution in [0.25, 0.3) is 0 Å². The molecule has 0 fully saturated rings. The lowest BCUT2D eigenvalue weighted by molar-refractivity contribution is 0.441. The molecule has 4 heteroatoms. The van der Waals surface area contributed by atoms with E-state index in [1.807, 2.05) is 6.92 Å². The lowest BCUT2D eigenvalue weighted by atomic mass is 10.1. The zero-order chi connectivity index (χ0) is 11.1. The normalized spacial score (nSPS) is 14.2. The fraction of sp³-hybridized carbons (Fsp3) is 0.545. The summed E-state index contributed by atoms with van der Waals surface area (Å²) in [7, 11) is 0. The first kappa shape index (κ1) is 11.6. The van der Waals surface area contributed by atoms with Gasteiger partial charge in [-0.25, -0.2) is 0 Å². The standard InChI is InChI=1S/C11H16N4/c1-3-10(4-5-12)15-9(2)11-8-13-6-7-14-11/h6-10,15H,3-4H2,1-2H3. The molecule has 0 aliphatic rings. The van der Waals surface area contributed by atoms with E-state index in [2.05, 4.69) is 28.3 Å². The van der Waals surface area contributed by atoms with E-state index in [-0.39, 0.29) is 12.1 Å². The Hall–Kier alpha value is -1.47. The predicted molar refractivity (Wildman–Crippen MR) is 57.9 cm³/mol. The maximum absolute atomic E-state index is 8.63. The Morgan fingerprint density at radius 2 is 2.33 bits per heavy atom. The smallest absolute Gasteiger partial charge is 0.0753 e. The molecule has 0 aliphatic heterocycles. The quantitative estimate of drug-likeness (QED) is 0.794. The summed E-state index contributed by atoms with van der Waals surface area (Å²) in [5.74, 6) is 0. The van der Waals surface area contributed by atoms with Crippen LogP contribution in [0.1, 0.15) is 38.4 Å². The highest BCUT2D eigenvalue weighted by Gasteiger charge is 2.12. The van der Waals surface area contributed by atoms with Gasteiger partial charge in [0.1, 0.15) is 0 Å². The summed E-state index contributed by atoms with van der Waals surface area (Å²) < 4.78 is 0. The number of nitriles is 1. The maximum atomic E-state index is 8.63. The van der Waals surface area contributed by atoms with Crippen molar-refractivity contribution in [2.24, 2.45) is 0 Å². The van der Waals surface area contributed by atoms with Crippen molar-refractivity contribution >= 4 is 0 Å².